The van der Waals surface area contributed by atoms with Gasteiger partial charge in [0, 0.05) is 57.7 Å². The Hall–Kier alpha value is -1.06. The summed E-state index contributed by atoms with van der Waals surface area (Å²) in [6, 6.07) is 1.02. The van der Waals surface area contributed by atoms with Gasteiger partial charge in [-0.1, -0.05) is 0 Å². The zero-order valence-corrected chi connectivity index (χ0v) is 19.2. The number of piperidine rings is 2. The second-order valence-corrected chi connectivity index (χ2v) is 10.1. The molecule has 1 unspecified atom stereocenters. The van der Waals surface area contributed by atoms with Crippen molar-refractivity contribution in [1.82, 2.24) is 19.7 Å². The number of carbonyl (C=O) groups is 1. The number of ether oxygens (including phenoxy) is 1. The van der Waals surface area contributed by atoms with Gasteiger partial charge in [-0.25, -0.2) is 4.98 Å². The lowest BCUT2D eigenvalue weighted by Gasteiger charge is -2.43. The molecule has 0 radical (unpaired) electrons. The lowest BCUT2D eigenvalue weighted by molar-refractivity contribution is -0.130. The number of rotatable bonds is 6. The summed E-state index contributed by atoms with van der Waals surface area (Å²) in [5, 5.41) is 14.5. The smallest absolute Gasteiger partial charge is 0.219 e. The van der Waals surface area contributed by atoms with E-state index in [9.17, 15) is 9.90 Å². The minimum atomic E-state index is -0.803. The zero-order valence-electron chi connectivity index (χ0n) is 18.4. The van der Waals surface area contributed by atoms with E-state index in [4.69, 9.17) is 9.72 Å². The van der Waals surface area contributed by atoms with Gasteiger partial charge in [-0.3, -0.25) is 9.69 Å². The van der Waals surface area contributed by atoms with Crippen molar-refractivity contribution >= 4 is 17.2 Å². The van der Waals surface area contributed by atoms with Crippen LogP contribution in [0.2, 0.25) is 0 Å². The highest BCUT2D eigenvalue weighted by Crippen LogP contribution is 2.35. The molecule has 4 heterocycles. The molecule has 0 saturated carbocycles. The third-order valence-electron chi connectivity index (χ3n) is 7.28. The molecule has 30 heavy (non-hydrogen) atoms. The van der Waals surface area contributed by atoms with E-state index in [1.165, 1.54) is 12.8 Å². The molecule has 3 aliphatic heterocycles. The van der Waals surface area contributed by atoms with Gasteiger partial charge in [-0.15, -0.1) is 11.3 Å². The topological polar surface area (TPSA) is 69.1 Å². The van der Waals surface area contributed by atoms with E-state index in [0.29, 0.717) is 12.1 Å². The van der Waals surface area contributed by atoms with Crippen molar-refractivity contribution in [2.75, 3.05) is 46.4 Å². The first kappa shape index (κ1) is 22.1. The van der Waals surface area contributed by atoms with Gasteiger partial charge < -0.3 is 19.6 Å². The number of thiazole rings is 1. The Kier molecular flexibility index (Phi) is 7.09. The molecular weight excluding hydrogens is 400 g/mol. The van der Waals surface area contributed by atoms with Crippen molar-refractivity contribution in [1.29, 1.82) is 0 Å². The van der Waals surface area contributed by atoms with Crippen molar-refractivity contribution in [3.8, 4) is 0 Å². The standard InChI is InChI=1S/C22H36N4O3S/c1-17(27)24-10-5-18(6-11-24)25-12-7-22(28,8-13-25)20-16-30-21(23-20)14-26-9-3-4-19(26)15-29-2/h16,18-19,28H,3-15H2,1-2H3. The van der Waals surface area contributed by atoms with E-state index in [1.54, 1.807) is 25.4 Å². The number of amides is 1. The molecule has 1 aromatic heterocycles. The summed E-state index contributed by atoms with van der Waals surface area (Å²) in [7, 11) is 1.77. The van der Waals surface area contributed by atoms with E-state index in [1.807, 2.05) is 4.90 Å². The van der Waals surface area contributed by atoms with Gasteiger partial charge in [-0.05, 0) is 45.1 Å². The molecule has 0 aliphatic carbocycles. The van der Waals surface area contributed by atoms with Crippen LogP contribution in [0.1, 0.15) is 56.2 Å². The monoisotopic (exact) mass is 436 g/mol. The Balaban J connectivity index is 1.30. The van der Waals surface area contributed by atoms with Crippen LogP contribution in [0.3, 0.4) is 0 Å². The highest BCUT2D eigenvalue weighted by atomic mass is 32.1. The molecule has 7 nitrogen and oxygen atoms in total. The minimum absolute atomic E-state index is 0.184. The molecule has 0 bridgehead atoms. The molecule has 3 saturated heterocycles. The van der Waals surface area contributed by atoms with Crippen LogP contribution in [-0.4, -0.2) is 89.2 Å². The summed E-state index contributed by atoms with van der Waals surface area (Å²) < 4.78 is 5.37. The van der Waals surface area contributed by atoms with Gasteiger partial charge in [0.15, 0.2) is 0 Å². The Morgan fingerprint density at radius 2 is 1.97 bits per heavy atom. The summed E-state index contributed by atoms with van der Waals surface area (Å²) in [6.45, 7) is 7.91. The summed E-state index contributed by atoms with van der Waals surface area (Å²) in [6.07, 6.45) is 5.96. The summed E-state index contributed by atoms with van der Waals surface area (Å²) in [5.74, 6) is 0.184. The van der Waals surface area contributed by atoms with E-state index < -0.39 is 5.60 Å². The number of aliphatic hydroxyl groups is 1. The summed E-state index contributed by atoms with van der Waals surface area (Å²) >= 11 is 1.68. The van der Waals surface area contributed by atoms with Gasteiger partial charge in [0.1, 0.15) is 10.6 Å². The van der Waals surface area contributed by atoms with Crippen LogP contribution in [0, 0.1) is 0 Å². The number of aromatic nitrogens is 1. The lowest BCUT2D eigenvalue weighted by Crippen LogP contribution is -2.51. The van der Waals surface area contributed by atoms with Gasteiger partial charge in [-0.2, -0.15) is 0 Å². The number of methoxy groups -OCH3 is 1. The summed E-state index contributed by atoms with van der Waals surface area (Å²) in [4.78, 5) is 23.3. The number of carbonyl (C=O) groups excluding carboxylic acids is 1. The molecular formula is C22H36N4O3S. The fourth-order valence-electron chi connectivity index (χ4n) is 5.32. The largest absolute Gasteiger partial charge is 0.383 e. The van der Waals surface area contributed by atoms with E-state index >= 15 is 0 Å². The molecule has 1 amide bonds. The SMILES string of the molecule is COCC1CCCN1Cc1nc(C2(O)CCN(C3CCN(C(C)=O)CC3)CC2)cs1. The molecule has 168 valence electrons. The highest BCUT2D eigenvalue weighted by molar-refractivity contribution is 7.09. The average Bonchev–Trinajstić information content (AvgIpc) is 3.40. The van der Waals surface area contributed by atoms with Crippen molar-refractivity contribution in [2.45, 2.75) is 69.7 Å². The zero-order chi connectivity index (χ0) is 21.1. The van der Waals surface area contributed by atoms with Crippen LogP contribution in [-0.2, 0) is 21.7 Å². The fourth-order valence-corrected chi connectivity index (χ4v) is 6.23. The van der Waals surface area contributed by atoms with Crippen molar-refractivity contribution in [3.05, 3.63) is 16.1 Å². The normalized spacial score (nSPS) is 26.4. The maximum absolute atomic E-state index is 11.5. The van der Waals surface area contributed by atoms with Crippen LogP contribution in [0.4, 0.5) is 0 Å². The minimum Gasteiger partial charge on any atom is -0.383 e. The second-order valence-electron chi connectivity index (χ2n) is 9.15. The second kappa shape index (κ2) is 9.61. The molecule has 4 rings (SSSR count). The number of hydrogen-bond donors (Lipinski definition) is 1. The first-order valence-electron chi connectivity index (χ1n) is 11.4. The summed E-state index contributed by atoms with van der Waals surface area (Å²) in [5.41, 5.74) is 0.0541. The van der Waals surface area contributed by atoms with Gasteiger partial charge in [0.25, 0.3) is 0 Å². The molecule has 1 aromatic rings. The molecule has 8 heteroatoms. The molecule has 0 spiro atoms. The number of nitrogens with zero attached hydrogens (tertiary/aromatic N) is 4. The van der Waals surface area contributed by atoms with E-state index in [0.717, 1.165) is 82.3 Å². The molecule has 1 N–H and O–H groups in total. The quantitative estimate of drug-likeness (QED) is 0.736. The molecule has 1 atom stereocenters. The van der Waals surface area contributed by atoms with Gasteiger partial charge in [0.2, 0.25) is 5.91 Å². The maximum Gasteiger partial charge on any atom is 0.219 e. The molecule has 0 aromatic carbocycles. The van der Waals surface area contributed by atoms with Crippen LogP contribution >= 0.6 is 11.3 Å². The average molecular weight is 437 g/mol. The highest BCUT2D eigenvalue weighted by Gasteiger charge is 2.38. The Morgan fingerprint density at radius 1 is 1.23 bits per heavy atom. The molecule has 3 aliphatic rings. The van der Waals surface area contributed by atoms with Crippen molar-refractivity contribution in [2.24, 2.45) is 0 Å². The Bertz CT molecular complexity index is 711. The number of hydrogen-bond acceptors (Lipinski definition) is 7. The van der Waals surface area contributed by atoms with Gasteiger partial charge in [0.05, 0.1) is 18.8 Å². The molecule has 3 fully saturated rings. The lowest BCUT2D eigenvalue weighted by atomic mass is 9.87. The first-order valence-corrected chi connectivity index (χ1v) is 12.3. The van der Waals surface area contributed by atoms with Crippen molar-refractivity contribution in [3.63, 3.8) is 0 Å². The van der Waals surface area contributed by atoms with Crippen LogP contribution in [0.25, 0.3) is 0 Å². The number of likely N-dealkylation sites (tertiary alicyclic amines) is 3. The third kappa shape index (κ3) is 4.88. The predicted octanol–water partition coefficient (Wildman–Crippen LogP) is 2.05. The van der Waals surface area contributed by atoms with Gasteiger partial charge >= 0.3 is 0 Å². The van der Waals surface area contributed by atoms with Crippen LogP contribution in [0.15, 0.2) is 5.38 Å². The van der Waals surface area contributed by atoms with Crippen molar-refractivity contribution < 1.29 is 14.6 Å². The predicted molar refractivity (Wildman–Crippen MR) is 117 cm³/mol. The first-order chi connectivity index (χ1) is 14.5. The van der Waals surface area contributed by atoms with E-state index in [2.05, 4.69) is 15.2 Å². The maximum atomic E-state index is 11.5. The van der Waals surface area contributed by atoms with Crippen LogP contribution < -0.4 is 0 Å². The fraction of sp³-hybridized carbons (Fsp3) is 0.818. The van der Waals surface area contributed by atoms with E-state index in [-0.39, 0.29) is 5.91 Å². The Morgan fingerprint density at radius 3 is 2.63 bits per heavy atom. The van der Waals surface area contributed by atoms with Crippen LogP contribution in [0.5, 0.6) is 0 Å². The third-order valence-corrected chi connectivity index (χ3v) is 8.11. The Labute approximate surface area is 184 Å².